The van der Waals surface area contributed by atoms with Crippen molar-refractivity contribution in [2.24, 2.45) is 0 Å². The van der Waals surface area contributed by atoms with Gasteiger partial charge in [0.05, 0.1) is 27.0 Å². The van der Waals surface area contributed by atoms with Gasteiger partial charge in [-0.25, -0.2) is 0 Å². The van der Waals surface area contributed by atoms with Crippen LogP contribution in [0.1, 0.15) is 12.5 Å². The fraction of sp³-hybridized carbons (Fsp3) is 0.111. The van der Waals surface area contributed by atoms with Gasteiger partial charge in [0, 0.05) is 18.2 Å². The van der Waals surface area contributed by atoms with Crippen molar-refractivity contribution in [1.82, 2.24) is 0 Å². The molecule has 220 valence electrons. The molecule has 10 nitrogen and oxygen atoms in total. The lowest BCUT2D eigenvalue weighted by Crippen LogP contribution is -2.04. The number of nitro benzene ring substituents is 2. The average Bonchev–Trinajstić information content (AvgIpc) is 2.93. The van der Waals surface area contributed by atoms with Crippen LogP contribution in [0, 0.1) is 20.2 Å². The Hall–Kier alpha value is -4.75. The van der Waals surface area contributed by atoms with Gasteiger partial charge in [0.25, 0.3) is 5.69 Å². The second-order valence-electron chi connectivity index (χ2n) is 8.05. The third-order valence-electron chi connectivity index (χ3n) is 5.20. The maximum Gasteiger partial charge on any atom is 0.416 e. The maximum atomic E-state index is 12.6. The smallest absolute Gasteiger partial charge is 0.416 e. The Bertz CT molecular complexity index is 1590. The van der Waals surface area contributed by atoms with Crippen molar-refractivity contribution >= 4 is 40.3 Å². The second-order valence-corrected chi connectivity index (χ2v) is 8.83. The summed E-state index contributed by atoms with van der Waals surface area (Å²) >= 11 is 11.7. The largest absolute Gasteiger partial charge is 0.487 e. The van der Waals surface area contributed by atoms with E-state index in [0.29, 0.717) is 5.75 Å². The van der Waals surface area contributed by atoms with Crippen LogP contribution in [0.25, 0.3) is 0 Å². The van der Waals surface area contributed by atoms with Crippen molar-refractivity contribution in [3.63, 3.8) is 0 Å². The Morgan fingerprint density at radius 2 is 1.38 bits per heavy atom. The molecule has 0 radical (unpaired) electrons. The molecule has 4 rings (SSSR count). The summed E-state index contributed by atoms with van der Waals surface area (Å²) in [5.74, 6) is 0.980. The van der Waals surface area contributed by atoms with E-state index in [1.165, 1.54) is 30.3 Å². The number of anilines is 1. The molecule has 15 heteroatoms. The molecule has 4 aromatic rings. The van der Waals surface area contributed by atoms with Gasteiger partial charge in [-0.3, -0.25) is 20.2 Å². The van der Waals surface area contributed by atoms with Crippen LogP contribution in [0.15, 0.2) is 78.9 Å². The summed E-state index contributed by atoms with van der Waals surface area (Å²) in [6, 6.07) is 18.0. The van der Waals surface area contributed by atoms with E-state index >= 15 is 0 Å². The van der Waals surface area contributed by atoms with Crippen LogP contribution < -0.4 is 19.9 Å². The van der Waals surface area contributed by atoms with Crippen molar-refractivity contribution in [3.05, 3.63) is 115 Å². The number of nitrogens with two attached hydrogens (primary N) is 1. The standard InChI is InChI=1S/C15H11ClF3NO4.C12H9ClN2O3/c1-2-23-14-8-10(4-5-12(14)20(21)22)24-13-6-3-9(7-11(13)16)15(17,18)19;13-11-10(18-8-4-2-1-3-5-8)7-6-9(12(11)14)15(16)17/h3-8H,2H2,1H3;1-7H,14H2. The Labute approximate surface area is 246 Å². The zero-order valence-corrected chi connectivity index (χ0v) is 22.9. The van der Waals surface area contributed by atoms with Crippen molar-refractivity contribution in [3.8, 4) is 28.7 Å². The summed E-state index contributed by atoms with van der Waals surface area (Å²) in [5, 5.41) is 21.4. The number of ether oxygens (including phenoxy) is 3. The lowest BCUT2D eigenvalue weighted by atomic mass is 10.2. The van der Waals surface area contributed by atoms with Crippen molar-refractivity contribution in [1.29, 1.82) is 0 Å². The minimum absolute atomic E-state index is 0.0111. The lowest BCUT2D eigenvalue weighted by molar-refractivity contribution is -0.385. The number of alkyl halides is 3. The Morgan fingerprint density at radius 3 is 1.95 bits per heavy atom. The molecule has 0 unspecified atom stereocenters. The quantitative estimate of drug-likeness (QED) is 0.116. The van der Waals surface area contributed by atoms with Gasteiger partial charge in [0.1, 0.15) is 33.7 Å². The second kappa shape index (κ2) is 13.7. The highest BCUT2D eigenvalue weighted by Crippen LogP contribution is 2.40. The fourth-order valence-electron chi connectivity index (χ4n) is 3.28. The Kier molecular flexibility index (Phi) is 10.4. The first-order valence-electron chi connectivity index (χ1n) is 11.7. The molecule has 4 aromatic carbocycles. The van der Waals surface area contributed by atoms with Gasteiger partial charge in [-0.15, -0.1) is 0 Å². The summed E-state index contributed by atoms with van der Waals surface area (Å²) in [7, 11) is 0. The van der Waals surface area contributed by atoms with Gasteiger partial charge in [-0.05, 0) is 49.4 Å². The SMILES string of the molecule is CCOc1cc(Oc2ccc(C(F)(F)F)cc2Cl)ccc1[N+](=O)[O-].Nc1c([N+](=O)[O-])ccc(Oc2ccccc2)c1Cl. The molecule has 0 aliphatic rings. The van der Waals surface area contributed by atoms with Gasteiger partial charge < -0.3 is 19.9 Å². The molecule has 42 heavy (non-hydrogen) atoms. The molecule has 2 N–H and O–H groups in total. The van der Waals surface area contributed by atoms with E-state index in [-0.39, 0.29) is 56.7 Å². The Morgan fingerprint density at radius 1 is 0.786 bits per heavy atom. The van der Waals surface area contributed by atoms with Gasteiger partial charge >= 0.3 is 11.9 Å². The number of halogens is 5. The first kappa shape index (κ1) is 31.8. The van der Waals surface area contributed by atoms with E-state index in [1.54, 1.807) is 31.2 Å². The van der Waals surface area contributed by atoms with E-state index < -0.39 is 21.6 Å². The Balaban J connectivity index is 0.000000240. The van der Waals surface area contributed by atoms with Crippen molar-refractivity contribution in [2.45, 2.75) is 13.1 Å². The van der Waals surface area contributed by atoms with E-state index in [2.05, 4.69) is 0 Å². The molecule has 0 saturated heterocycles. The highest BCUT2D eigenvalue weighted by molar-refractivity contribution is 6.35. The van der Waals surface area contributed by atoms with E-state index in [9.17, 15) is 33.4 Å². The van der Waals surface area contributed by atoms with E-state index in [1.807, 2.05) is 6.07 Å². The molecule has 0 aliphatic heterocycles. The van der Waals surface area contributed by atoms with Gasteiger partial charge in [-0.1, -0.05) is 41.4 Å². The number of nitrogen functional groups attached to an aromatic ring is 1. The van der Waals surface area contributed by atoms with E-state index in [0.717, 1.165) is 18.2 Å². The first-order chi connectivity index (χ1) is 19.8. The van der Waals surface area contributed by atoms with Crippen LogP contribution in [0.2, 0.25) is 10.0 Å². The van der Waals surface area contributed by atoms with Gasteiger partial charge in [0.15, 0.2) is 0 Å². The van der Waals surface area contributed by atoms with Gasteiger partial charge in [-0.2, -0.15) is 13.2 Å². The van der Waals surface area contributed by atoms with E-state index in [4.69, 9.17) is 43.1 Å². The molecule has 0 spiro atoms. The number of hydrogen-bond donors (Lipinski definition) is 1. The molecular weight excluding hydrogens is 606 g/mol. The summed E-state index contributed by atoms with van der Waals surface area (Å²) in [6.07, 6.45) is -4.52. The maximum absolute atomic E-state index is 12.6. The van der Waals surface area contributed by atoms with Crippen molar-refractivity contribution < 1.29 is 37.2 Å². The number of hydrogen-bond acceptors (Lipinski definition) is 8. The third-order valence-corrected chi connectivity index (χ3v) is 5.89. The number of para-hydroxylation sites is 1. The number of benzene rings is 4. The molecule has 0 aromatic heterocycles. The summed E-state index contributed by atoms with van der Waals surface area (Å²) in [5.41, 5.74) is 4.10. The highest BCUT2D eigenvalue weighted by Gasteiger charge is 2.31. The molecule has 0 fully saturated rings. The van der Waals surface area contributed by atoms with Gasteiger partial charge in [0.2, 0.25) is 5.75 Å². The molecule has 0 atom stereocenters. The lowest BCUT2D eigenvalue weighted by Gasteiger charge is -2.12. The molecular formula is C27H20Cl2F3N3O7. The van der Waals surface area contributed by atoms with Crippen LogP contribution in [0.5, 0.6) is 28.7 Å². The number of rotatable bonds is 8. The van der Waals surface area contributed by atoms with Crippen LogP contribution in [-0.2, 0) is 6.18 Å². The molecule has 0 saturated carbocycles. The topological polar surface area (TPSA) is 140 Å². The normalized spacial score (nSPS) is 10.7. The summed E-state index contributed by atoms with van der Waals surface area (Å²) in [6.45, 7) is 1.86. The third kappa shape index (κ3) is 8.15. The zero-order valence-electron chi connectivity index (χ0n) is 21.4. The first-order valence-corrected chi connectivity index (χ1v) is 12.5. The predicted octanol–water partition coefficient (Wildman–Crippen LogP) is 9.08. The molecule has 0 aliphatic carbocycles. The van der Waals surface area contributed by atoms with Crippen LogP contribution in [-0.4, -0.2) is 16.5 Å². The minimum atomic E-state index is -4.52. The van der Waals surface area contributed by atoms with Crippen LogP contribution >= 0.6 is 23.2 Å². The molecule has 0 amide bonds. The highest BCUT2D eigenvalue weighted by atomic mass is 35.5. The average molecular weight is 626 g/mol. The number of nitro groups is 2. The summed E-state index contributed by atoms with van der Waals surface area (Å²) < 4.78 is 53.9. The van der Waals surface area contributed by atoms with Crippen molar-refractivity contribution in [2.75, 3.05) is 12.3 Å². The van der Waals surface area contributed by atoms with Crippen LogP contribution in [0.3, 0.4) is 0 Å². The molecule has 0 bridgehead atoms. The fourth-order valence-corrected chi connectivity index (χ4v) is 3.70. The predicted molar refractivity (Wildman–Crippen MR) is 150 cm³/mol. The summed E-state index contributed by atoms with van der Waals surface area (Å²) in [4.78, 5) is 20.4. The monoisotopic (exact) mass is 625 g/mol. The van der Waals surface area contributed by atoms with Crippen LogP contribution in [0.4, 0.5) is 30.2 Å². The number of nitrogens with zero attached hydrogens (tertiary/aromatic N) is 2. The zero-order chi connectivity index (χ0) is 31.0. The minimum Gasteiger partial charge on any atom is -0.487 e. The molecule has 0 heterocycles.